The van der Waals surface area contributed by atoms with E-state index in [0.29, 0.717) is 24.8 Å². The molecule has 1 aliphatic heterocycles. The number of nitrogens with one attached hydrogen (secondary N) is 1. The quantitative estimate of drug-likeness (QED) is 0.696. The zero-order valence-electron chi connectivity index (χ0n) is 17.9. The zero-order chi connectivity index (χ0) is 23.1. The van der Waals surface area contributed by atoms with Crippen LogP contribution in [0.15, 0.2) is 12.1 Å². The number of benzene rings is 1. The average molecular weight is 454 g/mol. The van der Waals surface area contributed by atoms with Crippen molar-refractivity contribution in [3.05, 3.63) is 40.2 Å². The van der Waals surface area contributed by atoms with Gasteiger partial charge in [-0.2, -0.15) is 0 Å². The molecule has 1 atom stereocenters. The normalized spacial score (nSPS) is 15.8. The van der Waals surface area contributed by atoms with Crippen molar-refractivity contribution in [1.29, 1.82) is 0 Å². The molecule has 0 saturated heterocycles. The van der Waals surface area contributed by atoms with E-state index in [1.54, 1.807) is 25.3 Å². The summed E-state index contributed by atoms with van der Waals surface area (Å²) < 4.78 is 30.1. The number of amides is 2. The number of fused-ring (bicyclic) bond motifs is 1. The number of aromatic nitrogens is 2. The van der Waals surface area contributed by atoms with Crippen LogP contribution in [0.1, 0.15) is 43.4 Å². The van der Waals surface area contributed by atoms with Crippen LogP contribution in [0.3, 0.4) is 0 Å². The molecule has 3 N–H and O–H groups in total. The molecule has 168 valence electrons. The van der Waals surface area contributed by atoms with Crippen molar-refractivity contribution in [1.82, 2.24) is 19.8 Å². The molecule has 0 spiro atoms. The SMILES string of the molecule is CN1CCCn2c(-c3cc(Cl)c(F)cc3F)nc(C(=O)N[C@H](C(N)=O)C(C)(C)C)c2C1. The van der Waals surface area contributed by atoms with Crippen LogP contribution in [0.2, 0.25) is 5.02 Å². The number of imidazole rings is 1. The average Bonchev–Trinajstić information content (AvgIpc) is 2.87. The van der Waals surface area contributed by atoms with Crippen molar-refractivity contribution >= 4 is 23.4 Å². The zero-order valence-corrected chi connectivity index (χ0v) is 18.7. The summed E-state index contributed by atoms with van der Waals surface area (Å²) in [6, 6.07) is 0.936. The lowest BCUT2D eigenvalue weighted by Gasteiger charge is -2.28. The second-order valence-corrected chi connectivity index (χ2v) is 9.30. The van der Waals surface area contributed by atoms with E-state index in [1.165, 1.54) is 6.07 Å². The Hall–Kier alpha value is -2.52. The van der Waals surface area contributed by atoms with Gasteiger partial charge < -0.3 is 20.5 Å². The van der Waals surface area contributed by atoms with Gasteiger partial charge >= 0.3 is 0 Å². The van der Waals surface area contributed by atoms with Gasteiger partial charge in [-0.3, -0.25) is 9.59 Å². The van der Waals surface area contributed by atoms with Gasteiger partial charge in [-0.25, -0.2) is 13.8 Å². The minimum Gasteiger partial charge on any atom is -0.368 e. The third-order valence-corrected chi connectivity index (χ3v) is 5.60. The first-order chi connectivity index (χ1) is 14.4. The Morgan fingerprint density at radius 3 is 2.52 bits per heavy atom. The van der Waals surface area contributed by atoms with E-state index in [0.717, 1.165) is 13.0 Å². The van der Waals surface area contributed by atoms with Crippen LogP contribution in [0.25, 0.3) is 11.4 Å². The standard InChI is InChI=1S/C21H26ClF2N5O2/c1-21(2,3)17(18(25)30)27-20(31)16-15-10-28(4)6-5-7-29(15)19(26-16)11-8-12(22)14(24)9-13(11)23/h8-9,17H,5-7,10H2,1-4H3,(H2,25,30)(H,27,31)/t17-/m1/s1. The maximum absolute atomic E-state index is 14.6. The van der Waals surface area contributed by atoms with Crippen LogP contribution in [-0.2, 0) is 17.9 Å². The lowest BCUT2D eigenvalue weighted by Crippen LogP contribution is -2.52. The summed E-state index contributed by atoms with van der Waals surface area (Å²) in [7, 11) is 1.90. The van der Waals surface area contributed by atoms with Crippen molar-refractivity contribution in [2.45, 2.75) is 46.3 Å². The Kier molecular flexibility index (Phi) is 6.38. The Morgan fingerprint density at radius 1 is 1.23 bits per heavy atom. The molecule has 2 amide bonds. The number of carbonyl (C=O) groups is 2. The van der Waals surface area contributed by atoms with Gasteiger partial charge in [0.2, 0.25) is 5.91 Å². The molecule has 1 aromatic carbocycles. The van der Waals surface area contributed by atoms with Gasteiger partial charge in [0.25, 0.3) is 5.91 Å². The van der Waals surface area contributed by atoms with E-state index >= 15 is 0 Å². The van der Waals surface area contributed by atoms with Crippen LogP contribution >= 0.6 is 11.6 Å². The first-order valence-electron chi connectivity index (χ1n) is 9.93. The number of hydrogen-bond acceptors (Lipinski definition) is 4. The Morgan fingerprint density at radius 2 is 1.90 bits per heavy atom. The van der Waals surface area contributed by atoms with E-state index in [1.807, 2.05) is 11.9 Å². The number of rotatable bonds is 4. The smallest absolute Gasteiger partial charge is 0.272 e. The number of nitrogens with two attached hydrogens (primary N) is 1. The minimum absolute atomic E-state index is 0.00137. The van der Waals surface area contributed by atoms with Gasteiger partial charge in [-0.15, -0.1) is 0 Å². The summed E-state index contributed by atoms with van der Waals surface area (Å²) in [5, 5.41) is 2.43. The lowest BCUT2D eigenvalue weighted by atomic mass is 9.86. The lowest BCUT2D eigenvalue weighted by molar-refractivity contribution is -0.122. The van der Waals surface area contributed by atoms with E-state index in [2.05, 4.69) is 10.3 Å². The topological polar surface area (TPSA) is 93.2 Å². The van der Waals surface area contributed by atoms with Crippen molar-refractivity contribution in [2.24, 2.45) is 11.1 Å². The highest BCUT2D eigenvalue weighted by molar-refractivity contribution is 6.31. The minimum atomic E-state index is -0.929. The van der Waals surface area contributed by atoms with Gasteiger partial charge in [0.05, 0.1) is 16.3 Å². The molecule has 31 heavy (non-hydrogen) atoms. The fourth-order valence-electron chi connectivity index (χ4n) is 3.72. The summed E-state index contributed by atoms with van der Waals surface area (Å²) in [6.45, 7) is 6.99. The number of halogens is 3. The molecule has 3 rings (SSSR count). The van der Waals surface area contributed by atoms with Crippen LogP contribution in [0, 0.1) is 17.0 Å². The van der Waals surface area contributed by atoms with Crippen LogP contribution in [0.4, 0.5) is 8.78 Å². The molecule has 7 nitrogen and oxygen atoms in total. The van der Waals surface area contributed by atoms with Crippen molar-refractivity contribution < 1.29 is 18.4 Å². The van der Waals surface area contributed by atoms with Gasteiger partial charge in [0.15, 0.2) is 5.69 Å². The Labute approximate surface area is 184 Å². The Bertz CT molecular complexity index is 1030. The first kappa shape index (κ1) is 23.1. The number of hydrogen-bond donors (Lipinski definition) is 2. The molecular weight excluding hydrogens is 428 g/mol. The van der Waals surface area contributed by atoms with Crippen LogP contribution in [-0.4, -0.2) is 45.9 Å². The highest BCUT2D eigenvalue weighted by Gasteiger charge is 2.34. The molecule has 2 heterocycles. The molecule has 1 aliphatic rings. The maximum atomic E-state index is 14.6. The van der Waals surface area contributed by atoms with Crippen LogP contribution in [0.5, 0.6) is 0 Å². The summed E-state index contributed by atoms with van der Waals surface area (Å²) in [5.74, 6) is -2.78. The molecule has 1 aromatic heterocycles. The maximum Gasteiger partial charge on any atom is 0.272 e. The third-order valence-electron chi connectivity index (χ3n) is 5.31. The molecule has 0 bridgehead atoms. The number of primary amides is 1. The summed E-state index contributed by atoms with van der Waals surface area (Å²) in [5.41, 5.74) is 5.52. The molecule has 10 heteroatoms. The highest BCUT2D eigenvalue weighted by Crippen LogP contribution is 2.31. The van der Waals surface area contributed by atoms with Gasteiger partial charge in [-0.1, -0.05) is 32.4 Å². The monoisotopic (exact) mass is 453 g/mol. The molecule has 0 radical (unpaired) electrons. The summed E-state index contributed by atoms with van der Waals surface area (Å²) in [4.78, 5) is 31.5. The van der Waals surface area contributed by atoms with Crippen molar-refractivity contribution in [3.63, 3.8) is 0 Å². The van der Waals surface area contributed by atoms with Gasteiger partial charge in [0.1, 0.15) is 23.5 Å². The van der Waals surface area contributed by atoms with Gasteiger partial charge in [0, 0.05) is 19.2 Å². The first-order valence-corrected chi connectivity index (χ1v) is 10.3. The van der Waals surface area contributed by atoms with E-state index in [4.69, 9.17) is 17.3 Å². The molecular formula is C21H26ClF2N5O2. The Balaban J connectivity index is 2.13. The van der Waals surface area contributed by atoms with E-state index < -0.39 is 34.9 Å². The molecule has 0 fully saturated rings. The van der Waals surface area contributed by atoms with E-state index in [9.17, 15) is 18.4 Å². The number of nitrogens with zero attached hydrogens (tertiary/aromatic N) is 3. The molecule has 2 aromatic rings. The second-order valence-electron chi connectivity index (χ2n) is 8.89. The largest absolute Gasteiger partial charge is 0.368 e. The highest BCUT2D eigenvalue weighted by atomic mass is 35.5. The predicted octanol–water partition coefficient (Wildman–Crippen LogP) is 2.95. The fraction of sp³-hybridized carbons (Fsp3) is 0.476. The summed E-state index contributed by atoms with van der Waals surface area (Å²) in [6.07, 6.45) is 0.746. The second kappa shape index (κ2) is 8.55. The van der Waals surface area contributed by atoms with Gasteiger partial charge in [-0.05, 0) is 31.5 Å². The molecule has 0 unspecified atom stereocenters. The van der Waals surface area contributed by atoms with E-state index in [-0.39, 0.29) is 22.1 Å². The predicted molar refractivity (Wildman–Crippen MR) is 113 cm³/mol. The third kappa shape index (κ3) is 4.72. The molecule has 0 aliphatic carbocycles. The number of carbonyl (C=O) groups excluding carboxylic acids is 2. The molecule has 0 saturated carbocycles. The summed E-state index contributed by atoms with van der Waals surface area (Å²) >= 11 is 5.88. The van der Waals surface area contributed by atoms with Crippen LogP contribution < -0.4 is 11.1 Å². The van der Waals surface area contributed by atoms with Crippen molar-refractivity contribution in [3.8, 4) is 11.4 Å². The van der Waals surface area contributed by atoms with Crippen molar-refractivity contribution in [2.75, 3.05) is 13.6 Å². The fourth-order valence-corrected chi connectivity index (χ4v) is 3.88.